The Hall–Kier alpha value is -2.36. The highest BCUT2D eigenvalue weighted by atomic mass is 35.5. The number of amides is 1. The van der Waals surface area contributed by atoms with Crippen LogP contribution < -0.4 is 5.32 Å². The normalized spacial score (nSPS) is 11.4. The quantitative estimate of drug-likeness (QED) is 0.692. The Morgan fingerprint density at radius 1 is 1.26 bits per heavy atom. The van der Waals surface area contributed by atoms with Crippen molar-refractivity contribution in [3.05, 3.63) is 52.8 Å². The smallest absolute Gasteiger partial charge is 0.354 e. The summed E-state index contributed by atoms with van der Waals surface area (Å²) in [5.41, 5.74) is 0.931. The first-order valence-corrected chi connectivity index (χ1v) is 9.69. The van der Waals surface area contributed by atoms with Gasteiger partial charge in [-0.05, 0) is 23.8 Å². The van der Waals surface area contributed by atoms with Crippen LogP contribution in [0.1, 0.15) is 16.1 Å². The molecule has 27 heavy (non-hydrogen) atoms. The average molecular weight is 414 g/mol. The Bertz CT molecular complexity index is 938. The number of nitrogens with one attached hydrogen (secondary N) is 1. The van der Waals surface area contributed by atoms with Crippen LogP contribution in [0, 0.1) is 0 Å². The third-order valence-electron chi connectivity index (χ3n) is 3.85. The molecule has 146 valence electrons. The molecule has 0 aliphatic carbocycles. The molecule has 1 amide bonds. The number of carbonyl (C=O) groups is 2. The van der Waals surface area contributed by atoms with E-state index in [4.69, 9.17) is 11.6 Å². The highest BCUT2D eigenvalue weighted by Gasteiger charge is 2.26. The third kappa shape index (κ3) is 5.09. The molecule has 0 atom stereocenters. The van der Waals surface area contributed by atoms with Crippen molar-refractivity contribution in [2.75, 3.05) is 20.7 Å². The summed E-state index contributed by atoms with van der Waals surface area (Å²) < 4.78 is 32.1. The maximum Gasteiger partial charge on any atom is 0.354 e. The number of methoxy groups -OCH3 is 1. The predicted molar refractivity (Wildman–Crippen MR) is 99.9 cm³/mol. The Morgan fingerprint density at radius 2 is 1.89 bits per heavy atom. The molecule has 2 aromatic rings. The standard InChI is InChI=1S/C17H20ClN3O5S/c1-20-10-14(8-15(20)17(23)26-3)27(24,25)21(2)11-16(22)19-9-12-4-6-13(18)7-5-12/h4-8,10H,9,11H2,1-3H3,(H,19,22). The molecule has 10 heteroatoms. The molecule has 1 aromatic carbocycles. The van der Waals surface area contributed by atoms with E-state index in [1.165, 1.54) is 38.0 Å². The van der Waals surface area contributed by atoms with E-state index in [-0.39, 0.29) is 23.7 Å². The van der Waals surface area contributed by atoms with Gasteiger partial charge in [0.1, 0.15) is 10.6 Å². The van der Waals surface area contributed by atoms with Crippen molar-refractivity contribution in [1.82, 2.24) is 14.2 Å². The first-order valence-electron chi connectivity index (χ1n) is 7.87. The number of likely N-dealkylation sites (N-methyl/N-ethyl adjacent to an activating group) is 1. The number of esters is 1. The summed E-state index contributed by atoms with van der Waals surface area (Å²) in [6.07, 6.45) is 1.30. The van der Waals surface area contributed by atoms with Gasteiger partial charge in [-0.3, -0.25) is 4.79 Å². The number of hydrogen-bond acceptors (Lipinski definition) is 5. The van der Waals surface area contributed by atoms with Crippen LogP contribution in [0.3, 0.4) is 0 Å². The molecule has 8 nitrogen and oxygen atoms in total. The van der Waals surface area contributed by atoms with Crippen LogP contribution in [0.15, 0.2) is 41.4 Å². The minimum Gasteiger partial charge on any atom is -0.464 e. The molecule has 1 heterocycles. The number of hydrogen-bond donors (Lipinski definition) is 1. The van der Waals surface area contributed by atoms with Gasteiger partial charge in [-0.2, -0.15) is 4.31 Å². The Balaban J connectivity index is 2.03. The van der Waals surface area contributed by atoms with Crippen molar-refractivity contribution in [2.24, 2.45) is 7.05 Å². The molecule has 0 aliphatic heterocycles. The lowest BCUT2D eigenvalue weighted by atomic mass is 10.2. The van der Waals surface area contributed by atoms with Crippen LogP contribution in [-0.2, 0) is 33.1 Å². The molecule has 0 saturated heterocycles. The van der Waals surface area contributed by atoms with Gasteiger partial charge in [-0.15, -0.1) is 0 Å². The number of nitrogens with zero attached hydrogens (tertiary/aromatic N) is 2. The van der Waals surface area contributed by atoms with Crippen molar-refractivity contribution < 1.29 is 22.7 Å². The third-order valence-corrected chi connectivity index (χ3v) is 5.87. The van der Waals surface area contributed by atoms with E-state index in [1.54, 1.807) is 24.3 Å². The molecule has 0 spiro atoms. The minimum absolute atomic E-state index is 0.0941. The molecule has 0 bridgehead atoms. The second-order valence-electron chi connectivity index (χ2n) is 5.83. The van der Waals surface area contributed by atoms with Crippen LogP contribution in [-0.4, -0.2) is 49.9 Å². The van der Waals surface area contributed by atoms with Crippen LogP contribution >= 0.6 is 11.6 Å². The summed E-state index contributed by atoms with van der Waals surface area (Å²) in [6, 6.07) is 8.15. The zero-order chi connectivity index (χ0) is 20.2. The fourth-order valence-electron chi connectivity index (χ4n) is 2.31. The van der Waals surface area contributed by atoms with E-state index < -0.39 is 21.9 Å². The van der Waals surface area contributed by atoms with E-state index in [1.807, 2.05) is 0 Å². The van der Waals surface area contributed by atoms with Crippen molar-refractivity contribution in [1.29, 1.82) is 0 Å². The Labute approximate surface area is 162 Å². The largest absolute Gasteiger partial charge is 0.464 e. The van der Waals surface area contributed by atoms with E-state index in [2.05, 4.69) is 10.1 Å². The first-order chi connectivity index (χ1) is 12.6. The molecule has 0 aliphatic rings. The molecule has 1 aromatic heterocycles. The number of sulfonamides is 1. The van der Waals surface area contributed by atoms with Gasteiger partial charge < -0.3 is 14.6 Å². The fraction of sp³-hybridized carbons (Fsp3) is 0.294. The summed E-state index contributed by atoms with van der Waals surface area (Å²) in [7, 11) is 0.0949. The topological polar surface area (TPSA) is 97.7 Å². The lowest BCUT2D eigenvalue weighted by Crippen LogP contribution is -2.38. The zero-order valence-corrected chi connectivity index (χ0v) is 16.7. The molecular formula is C17H20ClN3O5S. The van der Waals surface area contributed by atoms with Crippen LogP contribution in [0.25, 0.3) is 0 Å². The van der Waals surface area contributed by atoms with Crippen LogP contribution in [0.5, 0.6) is 0 Å². The number of carbonyl (C=O) groups excluding carboxylic acids is 2. The van der Waals surface area contributed by atoms with Crippen LogP contribution in [0.4, 0.5) is 0 Å². The van der Waals surface area contributed by atoms with Crippen molar-refractivity contribution in [2.45, 2.75) is 11.4 Å². The van der Waals surface area contributed by atoms with Gasteiger partial charge in [0.2, 0.25) is 15.9 Å². The number of benzene rings is 1. The molecule has 0 saturated carbocycles. The predicted octanol–water partition coefficient (Wildman–Crippen LogP) is 1.40. The Kier molecular flexibility index (Phi) is 6.63. The minimum atomic E-state index is -3.94. The van der Waals surface area contributed by atoms with Crippen molar-refractivity contribution in [3.8, 4) is 0 Å². The lowest BCUT2D eigenvalue weighted by molar-refractivity contribution is -0.121. The first kappa shape index (κ1) is 20.9. The maximum atomic E-state index is 12.6. The van der Waals surface area contributed by atoms with Gasteiger partial charge in [0.25, 0.3) is 0 Å². The van der Waals surface area contributed by atoms with Gasteiger partial charge in [-0.25, -0.2) is 13.2 Å². The maximum absolute atomic E-state index is 12.6. The highest BCUT2D eigenvalue weighted by molar-refractivity contribution is 7.89. The SMILES string of the molecule is COC(=O)c1cc(S(=O)(=O)N(C)CC(=O)NCc2ccc(Cl)cc2)cn1C. The molecule has 0 radical (unpaired) electrons. The number of ether oxygens (including phenoxy) is 1. The van der Waals surface area contributed by atoms with E-state index in [9.17, 15) is 18.0 Å². The van der Waals surface area contributed by atoms with Gasteiger partial charge in [0, 0.05) is 31.9 Å². The monoisotopic (exact) mass is 413 g/mol. The van der Waals surface area contributed by atoms with Gasteiger partial charge in [0.05, 0.1) is 13.7 Å². The van der Waals surface area contributed by atoms with E-state index >= 15 is 0 Å². The average Bonchev–Trinajstić information content (AvgIpc) is 3.03. The van der Waals surface area contributed by atoms with Gasteiger partial charge in [0.15, 0.2) is 0 Å². The Morgan fingerprint density at radius 3 is 2.48 bits per heavy atom. The molecule has 0 fully saturated rings. The summed E-state index contributed by atoms with van der Waals surface area (Å²) >= 11 is 5.80. The zero-order valence-electron chi connectivity index (χ0n) is 15.1. The second-order valence-corrected chi connectivity index (χ2v) is 8.31. The summed E-state index contributed by atoms with van der Waals surface area (Å²) in [6.45, 7) is -0.111. The highest BCUT2D eigenvalue weighted by Crippen LogP contribution is 2.18. The molecular weight excluding hydrogens is 394 g/mol. The van der Waals surface area contributed by atoms with Gasteiger partial charge in [-0.1, -0.05) is 23.7 Å². The lowest BCUT2D eigenvalue weighted by Gasteiger charge is -2.16. The van der Waals surface area contributed by atoms with Crippen molar-refractivity contribution >= 4 is 33.5 Å². The number of rotatable bonds is 7. The summed E-state index contributed by atoms with van der Waals surface area (Å²) in [5, 5.41) is 3.24. The molecule has 0 unspecified atom stereocenters. The van der Waals surface area contributed by atoms with Crippen LogP contribution in [0.2, 0.25) is 5.02 Å². The van der Waals surface area contributed by atoms with E-state index in [0.717, 1.165) is 9.87 Å². The van der Waals surface area contributed by atoms with Gasteiger partial charge >= 0.3 is 5.97 Å². The summed E-state index contributed by atoms with van der Waals surface area (Å²) in [5.74, 6) is -1.11. The number of aromatic nitrogens is 1. The van der Waals surface area contributed by atoms with E-state index in [0.29, 0.717) is 5.02 Å². The molecule has 1 N–H and O–H groups in total. The number of aryl methyl sites for hydroxylation is 1. The molecule has 2 rings (SSSR count). The fourth-order valence-corrected chi connectivity index (χ4v) is 3.63. The van der Waals surface area contributed by atoms with Crippen molar-refractivity contribution in [3.63, 3.8) is 0 Å². The number of halogens is 1. The second kappa shape index (κ2) is 8.55. The summed E-state index contributed by atoms with van der Waals surface area (Å²) in [4.78, 5) is 23.6.